The molecule has 0 aliphatic carbocycles. The van der Waals surface area contributed by atoms with E-state index in [0.717, 1.165) is 30.3 Å². The first-order chi connectivity index (χ1) is 8.01. The Morgan fingerprint density at radius 1 is 1.29 bits per heavy atom. The Hall–Kier alpha value is -0.680. The molecular formula is C12H16F3NS. The van der Waals surface area contributed by atoms with Crippen LogP contribution in [0.3, 0.4) is 0 Å². The number of rotatable bonds is 6. The molecule has 1 nitrogen and oxygen atoms in total. The predicted octanol–water partition coefficient (Wildman–Crippen LogP) is 3.84. The Morgan fingerprint density at radius 3 is 2.71 bits per heavy atom. The molecule has 1 aromatic carbocycles. The number of hydrogen-bond acceptors (Lipinski definition) is 2. The molecule has 0 radical (unpaired) electrons. The summed E-state index contributed by atoms with van der Waals surface area (Å²) < 4.78 is 36.2. The van der Waals surface area contributed by atoms with Crippen LogP contribution in [0.5, 0.6) is 0 Å². The number of alkyl halides is 3. The Kier molecular flexibility index (Phi) is 5.85. The molecule has 0 aliphatic rings. The maximum Gasteiger partial charge on any atom is 0.398 e. The van der Waals surface area contributed by atoms with Gasteiger partial charge < -0.3 is 5.32 Å². The van der Waals surface area contributed by atoms with Crippen LogP contribution in [0.4, 0.5) is 13.2 Å². The van der Waals surface area contributed by atoms with Crippen LogP contribution >= 0.6 is 11.8 Å². The average Bonchev–Trinajstić information content (AvgIpc) is 2.27. The van der Waals surface area contributed by atoms with Crippen LogP contribution in [0.25, 0.3) is 0 Å². The van der Waals surface area contributed by atoms with Gasteiger partial charge in [-0.15, -0.1) is 11.8 Å². The zero-order chi connectivity index (χ0) is 12.7. The molecule has 5 heteroatoms. The molecule has 0 bridgehead atoms. The van der Waals surface area contributed by atoms with Gasteiger partial charge in [-0.3, -0.25) is 0 Å². The monoisotopic (exact) mass is 263 g/mol. The third kappa shape index (κ3) is 6.58. The zero-order valence-corrected chi connectivity index (χ0v) is 10.5. The lowest BCUT2D eigenvalue weighted by molar-refractivity contribution is -0.105. The van der Waals surface area contributed by atoms with Crippen molar-refractivity contribution in [2.75, 3.05) is 12.3 Å². The largest absolute Gasteiger partial charge is 0.398 e. The van der Waals surface area contributed by atoms with E-state index in [1.165, 1.54) is 0 Å². The second-order valence-electron chi connectivity index (χ2n) is 3.73. The summed E-state index contributed by atoms with van der Waals surface area (Å²) in [5.41, 5.74) is 1.02. The van der Waals surface area contributed by atoms with Gasteiger partial charge in [0.05, 0.1) is 5.75 Å². The summed E-state index contributed by atoms with van der Waals surface area (Å²) >= 11 is 0.828. The molecule has 0 saturated heterocycles. The van der Waals surface area contributed by atoms with E-state index in [2.05, 4.69) is 12.2 Å². The summed E-state index contributed by atoms with van der Waals surface area (Å²) in [6, 6.07) is 7.22. The van der Waals surface area contributed by atoms with E-state index in [9.17, 15) is 13.2 Å². The van der Waals surface area contributed by atoms with Crippen LogP contribution in [-0.2, 0) is 6.54 Å². The molecule has 0 amide bonds. The Labute approximate surface area is 104 Å². The Balaban J connectivity index is 2.48. The minimum atomic E-state index is -4.11. The number of hydrogen-bond donors (Lipinski definition) is 1. The van der Waals surface area contributed by atoms with Crippen molar-refractivity contribution >= 4 is 11.8 Å². The van der Waals surface area contributed by atoms with Gasteiger partial charge in [0.2, 0.25) is 0 Å². The van der Waals surface area contributed by atoms with E-state index in [-0.39, 0.29) is 0 Å². The number of thioether (sulfide) groups is 1. The average molecular weight is 263 g/mol. The van der Waals surface area contributed by atoms with Gasteiger partial charge in [-0.05, 0) is 30.7 Å². The maximum atomic E-state index is 12.1. The van der Waals surface area contributed by atoms with Gasteiger partial charge in [-0.1, -0.05) is 19.1 Å². The zero-order valence-electron chi connectivity index (χ0n) is 9.68. The Bertz CT molecular complexity index is 339. The molecule has 1 N–H and O–H groups in total. The normalized spacial score (nSPS) is 11.8. The van der Waals surface area contributed by atoms with Crippen molar-refractivity contribution in [3.8, 4) is 0 Å². The first kappa shape index (κ1) is 14.4. The quantitative estimate of drug-likeness (QED) is 0.618. The molecule has 0 saturated carbocycles. The van der Waals surface area contributed by atoms with E-state index in [1.807, 2.05) is 6.07 Å². The molecule has 0 fully saturated rings. The summed E-state index contributed by atoms with van der Waals surface area (Å²) in [6.07, 6.45) is -3.07. The number of nitrogens with one attached hydrogen (secondary N) is 1. The van der Waals surface area contributed by atoms with E-state index in [4.69, 9.17) is 0 Å². The van der Waals surface area contributed by atoms with Gasteiger partial charge in [0, 0.05) is 11.4 Å². The molecule has 1 aromatic rings. The summed E-state index contributed by atoms with van der Waals surface area (Å²) in [5.74, 6) is -0.834. The van der Waals surface area contributed by atoms with Crippen LogP contribution in [0, 0.1) is 0 Å². The highest BCUT2D eigenvalue weighted by Gasteiger charge is 2.27. The fourth-order valence-electron chi connectivity index (χ4n) is 1.32. The third-order valence-corrected chi connectivity index (χ3v) is 3.12. The van der Waals surface area contributed by atoms with Crippen LogP contribution in [0.1, 0.15) is 18.9 Å². The second kappa shape index (κ2) is 6.91. The lowest BCUT2D eigenvalue weighted by Crippen LogP contribution is -2.13. The van der Waals surface area contributed by atoms with Crippen LogP contribution in [0.2, 0.25) is 0 Å². The van der Waals surface area contributed by atoms with Crippen molar-refractivity contribution in [1.82, 2.24) is 5.32 Å². The fourth-order valence-corrected chi connectivity index (χ4v) is 2.06. The van der Waals surface area contributed by atoms with E-state index < -0.39 is 11.9 Å². The van der Waals surface area contributed by atoms with E-state index >= 15 is 0 Å². The predicted molar refractivity (Wildman–Crippen MR) is 65.2 cm³/mol. The maximum absolute atomic E-state index is 12.1. The van der Waals surface area contributed by atoms with Crippen molar-refractivity contribution in [2.24, 2.45) is 0 Å². The molecule has 17 heavy (non-hydrogen) atoms. The third-order valence-electron chi connectivity index (χ3n) is 2.06. The van der Waals surface area contributed by atoms with Crippen LogP contribution in [0.15, 0.2) is 29.2 Å². The van der Waals surface area contributed by atoms with Gasteiger partial charge in [-0.25, -0.2) is 0 Å². The molecule has 0 atom stereocenters. The minimum Gasteiger partial charge on any atom is -0.313 e. The summed E-state index contributed by atoms with van der Waals surface area (Å²) in [5, 5.41) is 3.22. The topological polar surface area (TPSA) is 12.0 Å². The second-order valence-corrected chi connectivity index (χ2v) is 4.78. The lowest BCUT2D eigenvalue weighted by atomic mass is 10.2. The van der Waals surface area contributed by atoms with Crippen molar-refractivity contribution in [3.63, 3.8) is 0 Å². The fraction of sp³-hybridized carbons (Fsp3) is 0.500. The molecule has 0 heterocycles. The molecule has 1 rings (SSSR count). The van der Waals surface area contributed by atoms with Crippen LogP contribution < -0.4 is 5.32 Å². The highest BCUT2D eigenvalue weighted by atomic mass is 32.2. The summed E-state index contributed by atoms with van der Waals surface area (Å²) in [6.45, 7) is 3.69. The van der Waals surface area contributed by atoms with E-state index in [1.54, 1.807) is 18.2 Å². The van der Waals surface area contributed by atoms with Crippen LogP contribution in [-0.4, -0.2) is 18.5 Å². The first-order valence-electron chi connectivity index (χ1n) is 5.50. The van der Waals surface area contributed by atoms with Gasteiger partial charge >= 0.3 is 6.18 Å². The van der Waals surface area contributed by atoms with Crippen molar-refractivity contribution in [1.29, 1.82) is 0 Å². The summed E-state index contributed by atoms with van der Waals surface area (Å²) in [4.78, 5) is 0.665. The molecule has 0 aliphatic heterocycles. The molecule has 0 aromatic heterocycles. The highest BCUT2D eigenvalue weighted by molar-refractivity contribution is 7.99. The molecular weight excluding hydrogens is 247 g/mol. The van der Waals surface area contributed by atoms with Crippen molar-refractivity contribution in [2.45, 2.75) is 31.0 Å². The van der Waals surface area contributed by atoms with Crippen molar-refractivity contribution < 1.29 is 13.2 Å². The van der Waals surface area contributed by atoms with Gasteiger partial charge in [0.25, 0.3) is 0 Å². The minimum absolute atomic E-state index is 0.665. The number of halogens is 3. The molecule has 0 spiro atoms. The Morgan fingerprint density at radius 2 is 2.06 bits per heavy atom. The van der Waals surface area contributed by atoms with E-state index in [0.29, 0.717) is 11.4 Å². The molecule has 0 unspecified atom stereocenters. The SMILES string of the molecule is CCCNCc1cccc(SCC(F)(F)F)c1. The van der Waals surface area contributed by atoms with Gasteiger partial charge in [0.15, 0.2) is 0 Å². The van der Waals surface area contributed by atoms with Gasteiger partial charge in [0.1, 0.15) is 0 Å². The number of benzene rings is 1. The summed E-state index contributed by atoms with van der Waals surface area (Å²) in [7, 11) is 0. The lowest BCUT2D eigenvalue weighted by Gasteiger charge is -2.08. The smallest absolute Gasteiger partial charge is 0.313 e. The van der Waals surface area contributed by atoms with Crippen molar-refractivity contribution in [3.05, 3.63) is 29.8 Å². The molecule has 96 valence electrons. The highest BCUT2D eigenvalue weighted by Crippen LogP contribution is 2.27. The first-order valence-corrected chi connectivity index (χ1v) is 6.49. The van der Waals surface area contributed by atoms with Gasteiger partial charge in [-0.2, -0.15) is 13.2 Å². The standard InChI is InChI=1S/C12H16F3NS/c1-2-6-16-8-10-4-3-5-11(7-10)17-9-12(13,14)15/h3-5,7,16H,2,6,8-9H2,1H3.